The van der Waals surface area contributed by atoms with Crippen LogP contribution in [0.4, 0.5) is 10.6 Å². The highest BCUT2D eigenvalue weighted by molar-refractivity contribution is 6.37. The number of Topliss-reactive ketones (excluding diaryl/α,β-unsaturated/α-hetero) is 1. The zero-order valence-electron chi connectivity index (χ0n) is 33.3. The lowest BCUT2D eigenvalue weighted by atomic mass is 9.84. The second-order valence-electron chi connectivity index (χ2n) is 15.9. The van der Waals surface area contributed by atoms with Crippen LogP contribution < -0.4 is 27.0 Å². The number of rotatable bonds is 17. The highest BCUT2D eigenvalue weighted by Gasteiger charge is 2.45. The van der Waals surface area contributed by atoms with Crippen LogP contribution in [0.25, 0.3) is 10.8 Å². The topological polar surface area (TPSA) is 257 Å². The number of benzene rings is 2. The van der Waals surface area contributed by atoms with E-state index in [1.807, 2.05) is 30.3 Å². The number of nitrogens with zero attached hydrogens (tertiary/aromatic N) is 5. The molecule has 1 unspecified atom stereocenters. The molecule has 4 aromatic rings. The molecule has 1 aliphatic carbocycles. The summed E-state index contributed by atoms with van der Waals surface area (Å²) in [4.78, 5) is 81.9. The third-order valence-electron chi connectivity index (χ3n) is 11.1. The van der Waals surface area contributed by atoms with Gasteiger partial charge in [0.05, 0.1) is 24.0 Å². The first-order chi connectivity index (χ1) is 28.3. The van der Waals surface area contributed by atoms with Gasteiger partial charge < -0.3 is 36.2 Å². The van der Waals surface area contributed by atoms with E-state index in [2.05, 4.69) is 36.7 Å². The van der Waals surface area contributed by atoms with Crippen molar-refractivity contribution in [2.45, 2.75) is 108 Å². The van der Waals surface area contributed by atoms with E-state index in [9.17, 15) is 33.9 Å². The standard InChI is InChI=1S/C41H52N10O8/c1-41(2,58)33-23-44-49-51(33)29-22-32(38(55)45-30(35(52)36(42)53)14-8-9-18-43-40(57)47-34-17-19-59-48-34)50(24-29)39(56)31(20-25-10-4-3-5-11-25)46-37(54)28-16-15-26-12-6-7-13-27(26)21-28/h6-7,12-13,15-17,19,21,23,25,29-32,58H,3-5,8-11,14,18,20,22,24H2,1-2H3,(H2,42,53)(H,45,55)(H,46,54)(H2,43,47,48,57)/t29-,30?,31+,32-/m0/s1. The summed E-state index contributed by atoms with van der Waals surface area (Å²) in [5.41, 5.74) is 4.80. The van der Waals surface area contributed by atoms with Crippen molar-refractivity contribution < 1.29 is 38.4 Å². The molecule has 4 atom stereocenters. The summed E-state index contributed by atoms with van der Waals surface area (Å²) in [5, 5.41) is 35.4. The van der Waals surface area contributed by atoms with Crippen molar-refractivity contribution in [1.29, 1.82) is 0 Å². The minimum Gasteiger partial charge on any atom is -0.384 e. The number of nitrogens with two attached hydrogens (primary N) is 1. The van der Waals surface area contributed by atoms with Gasteiger partial charge in [0.25, 0.3) is 11.8 Å². The minimum atomic E-state index is -1.36. The van der Waals surface area contributed by atoms with E-state index >= 15 is 0 Å². The maximum atomic E-state index is 14.9. The van der Waals surface area contributed by atoms with Crippen LogP contribution in [0.2, 0.25) is 0 Å². The third-order valence-corrected chi connectivity index (χ3v) is 11.1. The summed E-state index contributed by atoms with van der Waals surface area (Å²) < 4.78 is 6.19. The molecule has 1 saturated heterocycles. The molecule has 1 saturated carbocycles. The smallest absolute Gasteiger partial charge is 0.320 e. The molecule has 7 N–H and O–H groups in total. The molecule has 2 aromatic heterocycles. The Morgan fingerprint density at radius 3 is 2.44 bits per heavy atom. The van der Waals surface area contributed by atoms with E-state index in [1.165, 1.54) is 28.1 Å². The molecular formula is C41H52N10O8. The Hall–Kier alpha value is -6.17. The second kappa shape index (κ2) is 19.1. The number of aromatic nitrogens is 4. The number of primary amides is 1. The zero-order chi connectivity index (χ0) is 42.1. The van der Waals surface area contributed by atoms with E-state index in [-0.39, 0.29) is 37.7 Å². The SMILES string of the molecule is CC(C)(O)c1cnnn1[C@H]1C[C@@H](C(=O)NC(CCCCNC(=O)Nc2ccon2)C(=O)C(N)=O)N(C(=O)[C@@H](CC2CCCCC2)NC(=O)c2ccc3ccccc3c2)C1. The Morgan fingerprint density at radius 2 is 1.73 bits per heavy atom. The van der Waals surface area contributed by atoms with Crippen molar-refractivity contribution in [3.8, 4) is 0 Å². The van der Waals surface area contributed by atoms with Crippen LogP contribution in [0, 0.1) is 5.92 Å². The number of hydrogen-bond acceptors (Lipinski definition) is 11. The zero-order valence-corrected chi connectivity index (χ0v) is 33.3. The molecule has 3 heterocycles. The maximum absolute atomic E-state index is 14.9. The molecule has 2 fully saturated rings. The van der Waals surface area contributed by atoms with Crippen LogP contribution in [0.15, 0.2) is 65.5 Å². The van der Waals surface area contributed by atoms with Crippen molar-refractivity contribution >= 4 is 52.0 Å². The number of carbonyl (C=O) groups excluding carboxylic acids is 6. The van der Waals surface area contributed by atoms with Gasteiger partial charge in [0.1, 0.15) is 23.9 Å². The monoisotopic (exact) mass is 812 g/mol. The highest BCUT2D eigenvalue weighted by atomic mass is 16.5. The Kier molecular flexibility index (Phi) is 13.7. The number of carbonyl (C=O) groups is 6. The average molecular weight is 813 g/mol. The lowest BCUT2D eigenvalue weighted by Gasteiger charge is -2.32. The first kappa shape index (κ1) is 42.4. The van der Waals surface area contributed by atoms with Gasteiger partial charge in [-0.1, -0.05) is 72.8 Å². The fourth-order valence-electron chi connectivity index (χ4n) is 8.01. The number of hydrogen-bond donors (Lipinski definition) is 6. The summed E-state index contributed by atoms with van der Waals surface area (Å²) in [6, 6.07) is 9.85. The lowest BCUT2D eigenvalue weighted by molar-refractivity contribution is -0.142. The largest absolute Gasteiger partial charge is 0.384 e. The summed E-state index contributed by atoms with van der Waals surface area (Å²) in [5.74, 6) is -3.47. The predicted molar refractivity (Wildman–Crippen MR) is 214 cm³/mol. The minimum absolute atomic E-state index is 0.0161. The van der Waals surface area contributed by atoms with E-state index in [1.54, 1.807) is 26.0 Å². The Bertz CT molecular complexity index is 2120. The van der Waals surface area contributed by atoms with Gasteiger partial charge in [-0.25, -0.2) is 9.48 Å². The van der Waals surface area contributed by atoms with Gasteiger partial charge in [0.2, 0.25) is 17.6 Å². The van der Waals surface area contributed by atoms with Gasteiger partial charge in [-0.05, 0) is 68.4 Å². The van der Waals surface area contributed by atoms with E-state index < -0.39 is 65.2 Å². The molecule has 59 heavy (non-hydrogen) atoms. The van der Waals surface area contributed by atoms with Crippen molar-refractivity contribution in [1.82, 2.24) is 41.0 Å². The number of anilines is 1. The molecule has 18 heteroatoms. The molecule has 0 radical (unpaired) electrons. The van der Waals surface area contributed by atoms with Crippen molar-refractivity contribution in [2.24, 2.45) is 11.7 Å². The number of unbranched alkanes of at least 4 members (excludes halogenated alkanes) is 1. The van der Waals surface area contributed by atoms with Crippen LogP contribution in [0.5, 0.6) is 0 Å². The first-order valence-corrected chi connectivity index (χ1v) is 20.1. The van der Waals surface area contributed by atoms with Crippen LogP contribution in [-0.4, -0.2) is 96.8 Å². The van der Waals surface area contributed by atoms with Crippen molar-refractivity contribution in [2.75, 3.05) is 18.4 Å². The molecule has 0 bridgehead atoms. The second-order valence-corrected chi connectivity index (χ2v) is 15.9. The lowest BCUT2D eigenvalue weighted by Crippen LogP contribution is -2.56. The summed E-state index contributed by atoms with van der Waals surface area (Å²) in [6.45, 7) is 3.33. The summed E-state index contributed by atoms with van der Waals surface area (Å²) in [6.07, 6.45) is 8.73. The fourth-order valence-corrected chi connectivity index (χ4v) is 8.01. The average Bonchev–Trinajstić information content (AvgIpc) is 4.01. The van der Waals surface area contributed by atoms with Crippen LogP contribution >= 0.6 is 0 Å². The first-order valence-electron chi connectivity index (χ1n) is 20.1. The molecular weight excluding hydrogens is 761 g/mol. The van der Waals surface area contributed by atoms with Crippen LogP contribution in [-0.2, 0) is 24.8 Å². The molecule has 6 amide bonds. The van der Waals surface area contributed by atoms with Crippen molar-refractivity contribution in [3.05, 3.63) is 72.2 Å². The number of urea groups is 1. The predicted octanol–water partition coefficient (Wildman–Crippen LogP) is 3.09. The highest BCUT2D eigenvalue weighted by Crippen LogP contribution is 2.34. The summed E-state index contributed by atoms with van der Waals surface area (Å²) >= 11 is 0. The fraction of sp³-hybridized carbons (Fsp3) is 0.488. The summed E-state index contributed by atoms with van der Waals surface area (Å²) in [7, 11) is 0. The van der Waals surface area contributed by atoms with Gasteiger partial charge in [-0.2, -0.15) is 0 Å². The van der Waals surface area contributed by atoms with Gasteiger partial charge in [-0.15, -0.1) is 5.10 Å². The van der Waals surface area contributed by atoms with Gasteiger partial charge in [-0.3, -0.25) is 29.3 Å². The molecule has 2 aromatic carbocycles. The van der Waals surface area contributed by atoms with E-state index in [4.69, 9.17) is 10.3 Å². The van der Waals surface area contributed by atoms with Crippen LogP contribution in [0.3, 0.4) is 0 Å². The Morgan fingerprint density at radius 1 is 0.966 bits per heavy atom. The quantitative estimate of drug-likeness (QED) is 0.0667. The number of aliphatic hydroxyl groups is 1. The number of fused-ring (bicyclic) bond motifs is 1. The Balaban J connectivity index is 1.22. The number of amides is 6. The number of likely N-dealkylation sites (tertiary alicyclic amines) is 1. The van der Waals surface area contributed by atoms with E-state index in [0.29, 0.717) is 30.5 Å². The van der Waals surface area contributed by atoms with Crippen molar-refractivity contribution in [3.63, 3.8) is 0 Å². The van der Waals surface area contributed by atoms with Gasteiger partial charge in [0, 0.05) is 31.1 Å². The van der Waals surface area contributed by atoms with Crippen LogP contribution in [0.1, 0.15) is 100 Å². The molecule has 2 aliphatic rings. The molecule has 1 aliphatic heterocycles. The molecule has 314 valence electrons. The van der Waals surface area contributed by atoms with Gasteiger partial charge in [0.15, 0.2) is 5.82 Å². The number of ketones is 1. The molecule has 6 rings (SSSR count). The normalized spacial score (nSPS) is 18.2. The maximum Gasteiger partial charge on any atom is 0.320 e. The number of nitrogens with one attached hydrogen (secondary N) is 4. The van der Waals surface area contributed by atoms with E-state index in [0.717, 1.165) is 42.9 Å². The van der Waals surface area contributed by atoms with Gasteiger partial charge >= 0.3 is 6.03 Å². The Labute approximate surface area is 341 Å². The third kappa shape index (κ3) is 10.9. The molecule has 0 spiro atoms. The molecule has 18 nitrogen and oxygen atoms in total.